The smallest absolute Gasteiger partial charge is 0.236 e. The number of aromatic nitrogens is 3. The molecular formula is C16H19N3O2. The summed E-state index contributed by atoms with van der Waals surface area (Å²) in [6, 6.07) is 8.20. The predicted octanol–water partition coefficient (Wildman–Crippen LogP) is 3.42. The highest BCUT2D eigenvalue weighted by Gasteiger charge is 2.08. The van der Waals surface area contributed by atoms with Gasteiger partial charge in [0.15, 0.2) is 0 Å². The van der Waals surface area contributed by atoms with Gasteiger partial charge in [-0.2, -0.15) is 0 Å². The third-order valence-corrected chi connectivity index (χ3v) is 3.33. The maximum atomic E-state index is 5.66. The molecule has 0 N–H and O–H groups in total. The van der Waals surface area contributed by atoms with E-state index in [1.165, 1.54) is 0 Å². The monoisotopic (exact) mass is 285 g/mol. The van der Waals surface area contributed by atoms with E-state index in [9.17, 15) is 0 Å². The van der Waals surface area contributed by atoms with Crippen LogP contribution < -0.4 is 4.74 Å². The lowest BCUT2D eigenvalue weighted by molar-refractivity contribution is 0.318. The lowest BCUT2D eigenvalue weighted by Gasteiger charge is -2.06. The van der Waals surface area contributed by atoms with Crippen LogP contribution in [0, 0.1) is 0 Å². The fourth-order valence-electron chi connectivity index (χ4n) is 2.27. The average molecular weight is 285 g/mol. The maximum Gasteiger partial charge on any atom is 0.236 e. The first kappa shape index (κ1) is 13.7. The van der Waals surface area contributed by atoms with Crippen molar-refractivity contribution in [2.24, 2.45) is 0 Å². The highest BCUT2D eigenvalue weighted by atomic mass is 16.5. The third kappa shape index (κ3) is 2.91. The zero-order valence-corrected chi connectivity index (χ0v) is 12.4. The molecule has 2 aromatic heterocycles. The summed E-state index contributed by atoms with van der Waals surface area (Å²) in [5.74, 6) is 2.22. The van der Waals surface area contributed by atoms with Crippen molar-refractivity contribution in [1.82, 2.24) is 14.8 Å². The largest absolute Gasteiger partial charge is 0.494 e. The predicted molar refractivity (Wildman–Crippen MR) is 80.5 cm³/mol. The molecule has 110 valence electrons. The first-order chi connectivity index (χ1) is 10.3. The van der Waals surface area contributed by atoms with Crippen molar-refractivity contribution >= 4 is 10.9 Å². The summed E-state index contributed by atoms with van der Waals surface area (Å²) in [4.78, 5) is 0. The Balaban J connectivity index is 1.82. The van der Waals surface area contributed by atoms with E-state index in [0.717, 1.165) is 36.1 Å². The molecule has 0 aliphatic heterocycles. The number of aryl methyl sites for hydroxylation is 1. The Hall–Kier alpha value is -2.30. The lowest BCUT2D eigenvalue weighted by Crippen LogP contribution is -1.98. The lowest BCUT2D eigenvalue weighted by atomic mass is 10.2. The Bertz CT molecular complexity index is 730. The van der Waals surface area contributed by atoms with E-state index in [-0.39, 0.29) is 0 Å². The van der Waals surface area contributed by atoms with Crippen LogP contribution in [0.15, 0.2) is 34.9 Å². The number of rotatable bonds is 6. The van der Waals surface area contributed by atoms with Crippen LogP contribution in [0.2, 0.25) is 0 Å². The van der Waals surface area contributed by atoms with Gasteiger partial charge < -0.3 is 13.7 Å². The van der Waals surface area contributed by atoms with E-state index in [2.05, 4.69) is 39.9 Å². The van der Waals surface area contributed by atoms with Crippen molar-refractivity contribution in [3.05, 3.63) is 42.2 Å². The van der Waals surface area contributed by atoms with Gasteiger partial charge in [0.2, 0.25) is 11.8 Å². The number of ether oxygens (including phenoxy) is 1. The van der Waals surface area contributed by atoms with Crippen LogP contribution in [-0.2, 0) is 13.0 Å². The van der Waals surface area contributed by atoms with Gasteiger partial charge in [0, 0.05) is 23.5 Å². The number of nitrogens with zero attached hydrogens (tertiary/aromatic N) is 3. The molecule has 5 nitrogen and oxygen atoms in total. The Morgan fingerprint density at radius 3 is 2.76 bits per heavy atom. The fourth-order valence-corrected chi connectivity index (χ4v) is 2.27. The van der Waals surface area contributed by atoms with Crippen molar-refractivity contribution in [1.29, 1.82) is 0 Å². The summed E-state index contributed by atoms with van der Waals surface area (Å²) in [6.45, 7) is 5.43. The Morgan fingerprint density at radius 2 is 2.00 bits per heavy atom. The minimum atomic E-state index is 0.589. The fraction of sp³-hybridized carbons (Fsp3) is 0.375. The minimum Gasteiger partial charge on any atom is -0.494 e. The van der Waals surface area contributed by atoms with E-state index in [1.54, 1.807) is 0 Å². The molecule has 0 spiro atoms. The molecule has 5 heteroatoms. The van der Waals surface area contributed by atoms with Gasteiger partial charge in [-0.15, -0.1) is 10.2 Å². The molecule has 3 aromatic rings. The van der Waals surface area contributed by atoms with Crippen LogP contribution in [0.3, 0.4) is 0 Å². The molecule has 0 bridgehead atoms. The van der Waals surface area contributed by atoms with E-state index in [4.69, 9.17) is 9.15 Å². The van der Waals surface area contributed by atoms with E-state index in [0.29, 0.717) is 18.3 Å². The quantitative estimate of drug-likeness (QED) is 0.696. The highest BCUT2D eigenvalue weighted by molar-refractivity contribution is 5.81. The molecule has 0 amide bonds. The number of hydrogen-bond donors (Lipinski definition) is 0. The number of hydrogen-bond acceptors (Lipinski definition) is 4. The van der Waals surface area contributed by atoms with Crippen molar-refractivity contribution in [3.63, 3.8) is 0 Å². The van der Waals surface area contributed by atoms with Crippen LogP contribution in [0.1, 0.15) is 32.0 Å². The normalized spacial score (nSPS) is 11.1. The second-order valence-electron chi connectivity index (χ2n) is 4.96. The SMILES string of the molecule is CCCOc1ccc2c(ccn2Cc2nnc(CC)o2)c1. The molecule has 0 fully saturated rings. The van der Waals surface area contributed by atoms with E-state index < -0.39 is 0 Å². The second-order valence-corrected chi connectivity index (χ2v) is 4.96. The molecule has 0 unspecified atom stereocenters. The zero-order chi connectivity index (χ0) is 14.7. The van der Waals surface area contributed by atoms with Crippen molar-refractivity contribution in [2.45, 2.75) is 33.2 Å². The molecule has 2 heterocycles. The van der Waals surface area contributed by atoms with Crippen LogP contribution in [-0.4, -0.2) is 21.4 Å². The highest BCUT2D eigenvalue weighted by Crippen LogP contribution is 2.23. The Labute approximate surface area is 123 Å². The summed E-state index contributed by atoms with van der Waals surface area (Å²) in [6.07, 6.45) is 3.80. The van der Waals surface area contributed by atoms with Crippen molar-refractivity contribution in [3.8, 4) is 5.75 Å². The number of fused-ring (bicyclic) bond motifs is 1. The van der Waals surface area contributed by atoms with Gasteiger partial charge in [0.25, 0.3) is 0 Å². The molecule has 0 atom stereocenters. The summed E-state index contributed by atoms with van der Waals surface area (Å²) >= 11 is 0. The van der Waals surface area contributed by atoms with E-state index >= 15 is 0 Å². The minimum absolute atomic E-state index is 0.589. The van der Waals surface area contributed by atoms with Gasteiger partial charge in [-0.3, -0.25) is 0 Å². The zero-order valence-electron chi connectivity index (χ0n) is 12.4. The maximum absolute atomic E-state index is 5.66. The summed E-state index contributed by atoms with van der Waals surface area (Å²) < 4.78 is 13.3. The van der Waals surface area contributed by atoms with Crippen molar-refractivity contribution in [2.75, 3.05) is 6.61 Å². The molecule has 0 radical (unpaired) electrons. The molecular weight excluding hydrogens is 266 g/mol. The van der Waals surface area contributed by atoms with Gasteiger partial charge in [-0.25, -0.2) is 0 Å². The summed E-state index contributed by atoms with van der Waals surface area (Å²) in [5.41, 5.74) is 1.13. The molecule has 0 saturated carbocycles. The molecule has 0 aliphatic rings. The van der Waals surface area contributed by atoms with Gasteiger partial charge >= 0.3 is 0 Å². The first-order valence-electron chi connectivity index (χ1n) is 7.33. The van der Waals surface area contributed by atoms with E-state index in [1.807, 2.05) is 19.2 Å². The van der Waals surface area contributed by atoms with Gasteiger partial charge in [0.05, 0.1) is 6.61 Å². The van der Waals surface area contributed by atoms with Crippen LogP contribution in [0.25, 0.3) is 10.9 Å². The van der Waals surface area contributed by atoms with Gasteiger partial charge in [0.1, 0.15) is 12.3 Å². The third-order valence-electron chi connectivity index (χ3n) is 3.33. The summed E-state index contributed by atoms with van der Waals surface area (Å²) in [5, 5.41) is 9.21. The van der Waals surface area contributed by atoms with Crippen LogP contribution in [0.5, 0.6) is 5.75 Å². The first-order valence-corrected chi connectivity index (χ1v) is 7.33. The standard InChI is InChI=1S/C16H19N3O2/c1-3-9-20-13-5-6-14-12(10-13)7-8-19(14)11-16-18-17-15(4-2)21-16/h5-8,10H,3-4,9,11H2,1-2H3. The Kier molecular flexibility index (Phi) is 3.90. The summed E-state index contributed by atoms with van der Waals surface area (Å²) in [7, 11) is 0. The van der Waals surface area contributed by atoms with Crippen LogP contribution in [0.4, 0.5) is 0 Å². The van der Waals surface area contributed by atoms with Crippen LogP contribution >= 0.6 is 0 Å². The average Bonchev–Trinajstić information content (AvgIpc) is 3.12. The van der Waals surface area contributed by atoms with Crippen molar-refractivity contribution < 1.29 is 9.15 Å². The topological polar surface area (TPSA) is 53.1 Å². The number of benzene rings is 1. The molecule has 0 saturated heterocycles. The Morgan fingerprint density at radius 1 is 1.14 bits per heavy atom. The molecule has 1 aromatic carbocycles. The molecule has 21 heavy (non-hydrogen) atoms. The van der Waals surface area contributed by atoms with Gasteiger partial charge in [-0.1, -0.05) is 13.8 Å². The molecule has 0 aliphatic carbocycles. The molecule has 3 rings (SSSR count). The second kappa shape index (κ2) is 5.99. The van der Waals surface area contributed by atoms with Gasteiger partial charge in [-0.05, 0) is 30.7 Å².